The molecule has 10 heteroatoms. The van der Waals surface area contributed by atoms with Crippen molar-refractivity contribution in [3.63, 3.8) is 0 Å². The number of carbonyl (C=O) groups is 1. The van der Waals surface area contributed by atoms with E-state index in [1.165, 1.54) is 0 Å². The SMILES string of the molecule is CCCOc1ccc(C2C(C(=O)Nc3ccccc3OCC)=C(C)Nc3nc(SCCC)nn32)cc1OC. The molecule has 0 saturated heterocycles. The Morgan fingerprint density at radius 1 is 1.08 bits per heavy atom. The number of amides is 1. The van der Waals surface area contributed by atoms with Crippen LogP contribution in [0.2, 0.25) is 0 Å². The molecule has 38 heavy (non-hydrogen) atoms. The summed E-state index contributed by atoms with van der Waals surface area (Å²) in [6.45, 7) is 9.04. The Bertz CT molecular complexity index is 1310. The van der Waals surface area contributed by atoms with Crippen molar-refractivity contribution in [3.05, 3.63) is 59.3 Å². The summed E-state index contributed by atoms with van der Waals surface area (Å²) in [6.07, 6.45) is 1.89. The molecule has 1 aromatic heterocycles. The molecule has 1 atom stereocenters. The van der Waals surface area contributed by atoms with Crippen LogP contribution in [0.15, 0.2) is 58.9 Å². The van der Waals surface area contributed by atoms with Crippen LogP contribution in [0.1, 0.15) is 52.1 Å². The summed E-state index contributed by atoms with van der Waals surface area (Å²) in [7, 11) is 1.61. The summed E-state index contributed by atoms with van der Waals surface area (Å²) in [6, 6.07) is 12.6. The highest BCUT2D eigenvalue weighted by atomic mass is 32.2. The van der Waals surface area contributed by atoms with Crippen molar-refractivity contribution in [1.29, 1.82) is 0 Å². The number of carbonyl (C=O) groups excluding carboxylic acids is 1. The van der Waals surface area contributed by atoms with E-state index in [4.69, 9.17) is 24.3 Å². The van der Waals surface area contributed by atoms with Crippen molar-refractivity contribution in [3.8, 4) is 17.2 Å². The first-order valence-electron chi connectivity index (χ1n) is 12.9. The molecule has 1 aliphatic rings. The van der Waals surface area contributed by atoms with Gasteiger partial charge in [-0.3, -0.25) is 4.79 Å². The molecular formula is C28H35N5O4S. The maximum absolute atomic E-state index is 13.9. The van der Waals surface area contributed by atoms with Crippen LogP contribution in [-0.4, -0.2) is 46.7 Å². The fourth-order valence-electron chi connectivity index (χ4n) is 4.21. The summed E-state index contributed by atoms with van der Waals surface area (Å²) in [5.74, 6) is 3.09. The second kappa shape index (κ2) is 12.7. The molecule has 0 aliphatic carbocycles. The lowest BCUT2D eigenvalue weighted by Crippen LogP contribution is -2.31. The Hall–Kier alpha value is -3.66. The van der Waals surface area contributed by atoms with E-state index >= 15 is 0 Å². The molecule has 9 nitrogen and oxygen atoms in total. The van der Waals surface area contributed by atoms with E-state index in [-0.39, 0.29) is 5.91 Å². The van der Waals surface area contributed by atoms with Crippen molar-refractivity contribution in [2.75, 3.05) is 36.7 Å². The van der Waals surface area contributed by atoms with Gasteiger partial charge in [0.1, 0.15) is 11.8 Å². The molecule has 3 aromatic rings. The van der Waals surface area contributed by atoms with Crippen molar-refractivity contribution in [2.45, 2.75) is 51.7 Å². The van der Waals surface area contributed by atoms with Crippen LogP contribution < -0.4 is 24.8 Å². The lowest BCUT2D eigenvalue weighted by molar-refractivity contribution is -0.113. The minimum Gasteiger partial charge on any atom is -0.493 e. The Morgan fingerprint density at radius 3 is 2.63 bits per heavy atom. The highest BCUT2D eigenvalue weighted by Gasteiger charge is 2.35. The number of ether oxygens (including phenoxy) is 3. The molecule has 4 rings (SSSR count). The van der Waals surface area contributed by atoms with Crippen LogP contribution in [0.25, 0.3) is 0 Å². The van der Waals surface area contributed by atoms with Gasteiger partial charge in [-0.2, -0.15) is 4.98 Å². The van der Waals surface area contributed by atoms with Gasteiger partial charge in [-0.15, -0.1) is 5.10 Å². The van der Waals surface area contributed by atoms with Gasteiger partial charge in [0, 0.05) is 11.4 Å². The minimum absolute atomic E-state index is 0.263. The molecule has 2 heterocycles. The molecule has 2 N–H and O–H groups in total. The van der Waals surface area contributed by atoms with Gasteiger partial charge in [0.2, 0.25) is 11.1 Å². The van der Waals surface area contributed by atoms with E-state index in [2.05, 4.69) is 24.5 Å². The number of aromatic nitrogens is 3. The zero-order valence-electron chi connectivity index (χ0n) is 22.5. The summed E-state index contributed by atoms with van der Waals surface area (Å²) >= 11 is 1.59. The third-order valence-electron chi connectivity index (χ3n) is 5.91. The highest BCUT2D eigenvalue weighted by molar-refractivity contribution is 7.99. The summed E-state index contributed by atoms with van der Waals surface area (Å²) in [5.41, 5.74) is 2.64. The number of thioether (sulfide) groups is 1. The maximum atomic E-state index is 13.9. The van der Waals surface area contributed by atoms with Gasteiger partial charge in [-0.05, 0) is 56.5 Å². The number of nitrogens with one attached hydrogen (secondary N) is 2. The van der Waals surface area contributed by atoms with Crippen LogP contribution in [0.5, 0.6) is 17.2 Å². The number of benzene rings is 2. The van der Waals surface area contributed by atoms with Gasteiger partial charge in [0.25, 0.3) is 5.91 Å². The predicted molar refractivity (Wildman–Crippen MR) is 151 cm³/mol. The molecule has 0 saturated carbocycles. The smallest absolute Gasteiger partial charge is 0.255 e. The molecule has 0 spiro atoms. The molecule has 1 unspecified atom stereocenters. The number of hydrogen-bond donors (Lipinski definition) is 2. The quantitative estimate of drug-likeness (QED) is 0.275. The fourth-order valence-corrected chi connectivity index (χ4v) is 4.90. The zero-order valence-corrected chi connectivity index (χ0v) is 23.4. The topological polar surface area (TPSA) is 99.5 Å². The molecule has 0 fully saturated rings. The van der Waals surface area contributed by atoms with E-state index in [0.717, 1.165) is 24.2 Å². The third-order valence-corrected chi connectivity index (χ3v) is 6.96. The second-order valence-corrected chi connectivity index (χ2v) is 9.78. The molecule has 0 radical (unpaired) electrons. The Morgan fingerprint density at radius 2 is 1.89 bits per heavy atom. The lowest BCUT2D eigenvalue weighted by Gasteiger charge is -2.29. The zero-order chi connectivity index (χ0) is 27.1. The average molecular weight is 538 g/mol. The van der Waals surface area contributed by atoms with Crippen molar-refractivity contribution in [2.24, 2.45) is 0 Å². The lowest BCUT2D eigenvalue weighted by atomic mass is 9.94. The monoisotopic (exact) mass is 537 g/mol. The number of allylic oxidation sites excluding steroid dienone is 1. The van der Waals surface area contributed by atoms with Gasteiger partial charge < -0.3 is 24.8 Å². The first kappa shape index (κ1) is 27.4. The van der Waals surface area contributed by atoms with Crippen LogP contribution in [0.4, 0.5) is 11.6 Å². The van der Waals surface area contributed by atoms with E-state index in [9.17, 15) is 4.79 Å². The molecular weight excluding hydrogens is 502 g/mol. The van der Waals surface area contributed by atoms with Crippen molar-refractivity contribution >= 4 is 29.3 Å². The summed E-state index contributed by atoms with van der Waals surface area (Å²) < 4.78 is 19.0. The van der Waals surface area contributed by atoms with Gasteiger partial charge in [0.05, 0.1) is 31.6 Å². The van der Waals surface area contributed by atoms with Crippen LogP contribution in [-0.2, 0) is 4.79 Å². The van der Waals surface area contributed by atoms with Crippen LogP contribution in [0.3, 0.4) is 0 Å². The predicted octanol–water partition coefficient (Wildman–Crippen LogP) is 5.90. The average Bonchev–Trinajstić information content (AvgIpc) is 3.33. The van der Waals surface area contributed by atoms with Crippen LogP contribution in [0, 0.1) is 0 Å². The minimum atomic E-state index is -0.539. The molecule has 2 aromatic carbocycles. The largest absolute Gasteiger partial charge is 0.493 e. The normalized spacial score (nSPS) is 14.5. The third kappa shape index (κ3) is 5.91. The highest BCUT2D eigenvalue weighted by Crippen LogP contribution is 2.40. The van der Waals surface area contributed by atoms with Crippen LogP contribution >= 0.6 is 11.8 Å². The Kier molecular flexibility index (Phi) is 9.17. The summed E-state index contributed by atoms with van der Waals surface area (Å²) in [5, 5.41) is 11.8. The number of para-hydroxylation sites is 2. The molecule has 1 amide bonds. The Labute approximate surface area is 228 Å². The van der Waals surface area contributed by atoms with Gasteiger partial charge in [-0.1, -0.05) is 43.8 Å². The van der Waals surface area contributed by atoms with Crippen molar-refractivity contribution < 1.29 is 19.0 Å². The first-order chi connectivity index (χ1) is 18.5. The summed E-state index contributed by atoms with van der Waals surface area (Å²) in [4.78, 5) is 18.6. The first-order valence-corrected chi connectivity index (χ1v) is 13.9. The number of methoxy groups -OCH3 is 1. The number of rotatable bonds is 12. The second-order valence-electron chi connectivity index (χ2n) is 8.72. The van der Waals surface area contributed by atoms with E-state index in [1.54, 1.807) is 23.6 Å². The van der Waals surface area contributed by atoms with Crippen molar-refractivity contribution in [1.82, 2.24) is 14.8 Å². The van der Waals surface area contributed by atoms with Gasteiger partial charge >= 0.3 is 0 Å². The molecule has 0 bridgehead atoms. The molecule has 1 aliphatic heterocycles. The standard InChI is InChI=1S/C28H35N5O4S/c1-6-15-37-22-14-13-19(17-23(22)35-5)25-24(26(34)30-20-11-9-10-12-21(20)36-8-3)18(4)29-27-31-28(32-33(25)27)38-16-7-2/h9-14,17,25H,6-8,15-16H2,1-5H3,(H,30,34)(H,29,31,32). The number of fused-ring (bicyclic) bond motifs is 1. The number of hydrogen-bond acceptors (Lipinski definition) is 8. The number of anilines is 2. The van der Waals surface area contributed by atoms with E-state index in [1.807, 2.05) is 56.3 Å². The van der Waals surface area contributed by atoms with E-state index < -0.39 is 6.04 Å². The Balaban J connectivity index is 1.77. The maximum Gasteiger partial charge on any atom is 0.255 e. The fraction of sp³-hybridized carbons (Fsp3) is 0.393. The van der Waals surface area contributed by atoms with Gasteiger partial charge in [0.15, 0.2) is 11.5 Å². The van der Waals surface area contributed by atoms with E-state index in [0.29, 0.717) is 58.5 Å². The van der Waals surface area contributed by atoms with Gasteiger partial charge in [-0.25, -0.2) is 4.68 Å². The molecule has 202 valence electrons. The number of nitrogens with zero attached hydrogens (tertiary/aromatic N) is 3.